The lowest BCUT2D eigenvalue weighted by Gasteiger charge is -2.19. The fourth-order valence-corrected chi connectivity index (χ4v) is 3.81. The van der Waals surface area contributed by atoms with Gasteiger partial charge in [-0.3, -0.25) is 4.79 Å². The number of fused-ring (bicyclic) bond motifs is 2. The third kappa shape index (κ3) is 2.12. The molecule has 0 aromatic heterocycles. The second-order valence-electron chi connectivity index (χ2n) is 6.26. The monoisotopic (exact) mass is 298 g/mol. The van der Waals surface area contributed by atoms with Crippen LogP contribution in [0.25, 0.3) is 16.8 Å². The van der Waals surface area contributed by atoms with E-state index in [0.717, 1.165) is 21.9 Å². The van der Waals surface area contributed by atoms with Gasteiger partial charge in [-0.05, 0) is 41.3 Å². The maximum absolute atomic E-state index is 12.4. The zero-order valence-corrected chi connectivity index (χ0v) is 13.3. The standard InChI is InChI=1S/C22H18O/c1-14-13-17-8-4-6-10-19(17)21(14)20-12-11-16-7-3-5-9-18(16)22(20)15(2)23/h3-13,21H,1-2H3. The first-order chi connectivity index (χ1) is 11.2. The Kier molecular flexibility index (Phi) is 3.16. The molecule has 0 saturated heterocycles. The Balaban J connectivity index is 2.02. The average molecular weight is 298 g/mol. The molecule has 4 rings (SSSR count). The number of rotatable bonds is 2. The minimum atomic E-state index is 0.133. The fraction of sp³-hybridized carbons (Fsp3) is 0.136. The number of Topliss-reactive ketones (excluding diaryl/α,β-unsaturated/α-hetero) is 1. The summed E-state index contributed by atoms with van der Waals surface area (Å²) in [4.78, 5) is 12.4. The predicted molar refractivity (Wildman–Crippen MR) is 95.9 cm³/mol. The van der Waals surface area contributed by atoms with Crippen LogP contribution in [0.3, 0.4) is 0 Å². The molecule has 3 aromatic carbocycles. The molecule has 1 aliphatic rings. The second-order valence-corrected chi connectivity index (χ2v) is 6.26. The SMILES string of the molecule is CC(=O)c1c(C2C(C)=Cc3ccccc32)ccc2ccccc12. The van der Waals surface area contributed by atoms with Crippen molar-refractivity contribution in [2.75, 3.05) is 0 Å². The van der Waals surface area contributed by atoms with Crippen LogP contribution in [-0.2, 0) is 0 Å². The van der Waals surface area contributed by atoms with Crippen molar-refractivity contribution in [2.24, 2.45) is 0 Å². The van der Waals surface area contributed by atoms with E-state index in [1.165, 1.54) is 16.7 Å². The summed E-state index contributed by atoms with van der Waals surface area (Å²) in [7, 11) is 0. The van der Waals surface area contributed by atoms with Crippen molar-refractivity contribution in [1.29, 1.82) is 0 Å². The van der Waals surface area contributed by atoms with Gasteiger partial charge < -0.3 is 0 Å². The average Bonchev–Trinajstić information content (AvgIpc) is 2.89. The predicted octanol–water partition coefficient (Wildman–Crippen LogP) is 5.59. The molecular formula is C22H18O. The van der Waals surface area contributed by atoms with E-state index >= 15 is 0 Å². The Morgan fingerprint density at radius 2 is 1.61 bits per heavy atom. The summed E-state index contributed by atoms with van der Waals surface area (Å²) in [5.41, 5.74) is 5.83. The van der Waals surface area contributed by atoms with Crippen molar-refractivity contribution >= 4 is 22.6 Å². The van der Waals surface area contributed by atoms with Crippen molar-refractivity contribution in [3.8, 4) is 0 Å². The molecular weight excluding hydrogens is 280 g/mol. The number of carbonyl (C=O) groups excluding carboxylic acids is 1. The highest BCUT2D eigenvalue weighted by Gasteiger charge is 2.27. The summed E-state index contributed by atoms with van der Waals surface area (Å²) >= 11 is 0. The van der Waals surface area contributed by atoms with E-state index in [1.54, 1.807) is 6.92 Å². The Hall–Kier alpha value is -2.67. The Bertz CT molecular complexity index is 963. The maximum atomic E-state index is 12.4. The summed E-state index contributed by atoms with van der Waals surface area (Å²) in [5.74, 6) is 0.309. The number of hydrogen-bond acceptors (Lipinski definition) is 1. The minimum absolute atomic E-state index is 0.133. The zero-order chi connectivity index (χ0) is 16.0. The molecule has 1 unspecified atom stereocenters. The highest BCUT2D eigenvalue weighted by molar-refractivity contribution is 6.09. The molecule has 1 aliphatic carbocycles. The van der Waals surface area contributed by atoms with Gasteiger partial charge in [0.2, 0.25) is 0 Å². The van der Waals surface area contributed by atoms with E-state index in [4.69, 9.17) is 0 Å². The summed E-state index contributed by atoms with van der Waals surface area (Å²) < 4.78 is 0. The van der Waals surface area contributed by atoms with Gasteiger partial charge in [-0.15, -0.1) is 0 Å². The highest BCUT2D eigenvalue weighted by Crippen LogP contribution is 2.43. The third-order valence-electron chi connectivity index (χ3n) is 4.77. The largest absolute Gasteiger partial charge is 0.294 e. The van der Waals surface area contributed by atoms with E-state index in [1.807, 2.05) is 12.1 Å². The van der Waals surface area contributed by atoms with Crippen molar-refractivity contribution in [2.45, 2.75) is 19.8 Å². The summed E-state index contributed by atoms with van der Waals surface area (Å²) in [6, 6.07) is 20.9. The summed E-state index contributed by atoms with van der Waals surface area (Å²) in [5, 5.41) is 2.17. The van der Waals surface area contributed by atoms with Gasteiger partial charge in [0, 0.05) is 11.5 Å². The molecule has 0 N–H and O–H groups in total. The van der Waals surface area contributed by atoms with Gasteiger partial charge in [-0.1, -0.05) is 72.3 Å². The number of ketones is 1. The number of carbonyl (C=O) groups is 1. The van der Waals surface area contributed by atoms with Crippen molar-refractivity contribution in [3.63, 3.8) is 0 Å². The molecule has 0 radical (unpaired) electrons. The van der Waals surface area contributed by atoms with Crippen molar-refractivity contribution < 1.29 is 4.79 Å². The first-order valence-corrected chi connectivity index (χ1v) is 7.96. The molecule has 0 amide bonds. The van der Waals surface area contributed by atoms with Gasteiger partial charge in [-0.2, -0.15) is 0 Å². The van der Waals surface area contributed by atoms with E-state index < -0.39 is 0 Å². The molecule has 3 aromatic rings. The Morgan fingerprint density at radius 1 is 0.870 bits per heavy atom. The molecule has 0 fully saturated rings. The van der Waals surface area contributed by atoms with Crippen LogP contribution in [0.1, 0.15) is 46.8 Å². The van der Waals surface area contributed by atoms with Gasteiger partial charge in [0.15, 0.2) is 5.78 Å². The molecule has 0 bridgehead atoms. The molecule has 0 aliphatic heterocycles. The lowest BCUT2D eigenvalue weighted by Crippen LogP contribution is -2.07. The van der Waals surface area contributed by atoms with Crippen LogP contribution in [0.5, 0.6) is 0 Å². The second kappa shape index (κ2) is 5.20. The lowest BCUT2D eigenvalue weighted by molar-refractivity contribution is 0.101. The Labute approximate surface area is 136 Å². The van der Waals surface area contributed by atoms with Crippen LogP contribution in [0, 0.1) is 0 Å². The number of allylic oxidation sites excluding steroid dienone is 1. The summed E-state index contributed by atoms with van der Waals surface area (Å²) in [6.45, 7) is 3.83. The molecule has 0 spiro atoms. The Morgan fingerprint density at radius 3 is 2.43 bits per heavy atom. The molecule has 23 heavy (non-hydrogen) atoms. The molecule has 1 atom stereocenters. The summed E-state index contributed by atoms with van der Waals surface area (Å²) in [6.07, 6.45) is 2.24. The van der Waals surface area contributed by atoms with Gasteiger partial charge in [0.25, 0.3) is 0 Å². The molecule has 112 valence electrons. The van der Waals surface area contributed by atoms with Crippen LogP contribution in [-0.4, -0.2) is 5.78 Å². The fourth-order valence-electron chi connectivity index (χ4n) is 3.81. The number of benzene rings is 3. The molecule has 0 saturated carbocycles. The van der Waals surface area contributed by atoms with E-state index in [-0.39, 0.29) is 11.7 Å². The van der Waals surface area contributed by atoms with E-state index in [0.29, 0.717) is 0 Å². The van der Waals surface area contributed by atoms with Gasteiger partial charge >= 0.3 is 0 Å². The van der Waals surface area contributed by atoms with Crippen LogP contribution < -0.4 is 0 Å². The van der Waals surface area contributed by atoms with Gasteiger partial charge in [-0.25, -0.2) is 0 Å². The highest BCUT2D eigenvalue weighted by atomic mass is 16.1. The van der Waals surface area contributed by atoms with Crippen molar-refractivity contribution in [1.82, 2.24) is 0 Å². The van der Waals surface area contributed by atoms with Gasteiger partial charge in [0.05, 0.1) is 0 Å². The topological polar surface area (TPSA) is 17.1 Å². The smallest absolute Gasteiger partial charge is 0.160 e. The van der Waals surface area contributed by atoms with Crippen LogP contribution in [0.15, 0.2) is 66.2 Å². The first-order valence-electron chi connectivity index (χ1n) is 7.96. The normalized spacial score (nSPS) is 16.3. The van der Waals surface area contributed by atoms with E-state index in [2.05, 4.69) is 61.5 Å². The van der Waals surface area contributed by atoms with Crippen LogP contribution in [0.4, 0.5) is 0 Å². The van der Waals surface area contributed by atoms with Crippen LogP contribution in [0.2, 0.25) is 0 Å². The zero-order valence-electron chi connectivity index (χ0n) is 13.3. The first kappa shape index (κ1) is 14.0. The number of hydrogen-bond donors (Lipinski definition) is 0. The molecule has 0 heterocycles. The quantitative estimate of drug-likeness (QED) is 0.563. The molecule has 1 heteroatoms. The van der Waals surface area contributed by atoms with Crippen LogP contribution >= 0.6 is 0 Å². The maximum Gasteiger partial charge on any atom is 0.160 e. The molecule has 1 nitrogen and oxygen atoms in total. The van der Waals surface area contributed by atoms with Crippen molar-refractivity contribution in [3.05, 3.63) is 88.5 Å². The lowest BCUT2D eigenvalue weighted by atomic mass is 9.83. The third-order valence-corrected chi connectivity index (χ3v) is 4.77. The van der Waals surface area contributed by atoms with Gasteiger partial charge in [0.1, 0.15) is 0 Å². The minimum Gasteiger partial charge on any atom is -0.294 e. The van der Waals surface area contributed by atoms with E-state index in [9.17, 15) is 4.79 Å².